The third-order valence-electron chi connectivity index (χ3n) is 4.32. The predicted molar refractivity (Wildman–Crippen MR) is 99.2 cm³/mol. The van der Waals surface area contributed by atoms with Crippen LogP contribution in [0, 0.1) is 13.8 Å². The molecule has 0 aliphatic carbocycles. The highest BCUT2D eigenvalue weighted by Gasteiger charge is 2.21. The van der Waals surface area contributed by atoms with Gasteiger partial charge in [-0.2, -0.15) is 0 Å². The smallest absolute Gasteiger partial charge is 0.263 e. The van der Waals surface area contributed by atoms with Crippen LogP contribution < -0.4 is 16.0 Å². The van der Waals surface area contributed by atoms with Crippen LogP contribution in [0.2, 0.25) is 0 Å². The van der Waals surface area contributed by atoms with Crippen molar-refractivity contribution in [3.05, 3.63) is 45.3 Å². The van der Waals surface area contributed by atoms with Crippen LogP contribution in [0.5, 0.6) is 5.75 Å². The zero-order valence-electron chi connectivity index (χ0n) is 14.5. The number of amides is 1. The molecular weight excluding hydrogens is 338 g/mol. The lowest BCUT2D eigenvalue weighted by Crippen LogP contribution is -2.34. The summed E-state index contributed by atoms with van der Waals surface area (Å²) in [7, 11) is 1.62. The van der Waals surface area contributed by atoms with E-state index in [4.69, 9.17) is 10.5 Å². The van der Waals surface area contributed by atoms with E-state index < -0.39 is 11.9 Å². The Morgan fingerprint density at radius 3 is 2.68 bits per heavy atom. The summed E-state index contributed by atoms with van der Waals surface area (Å²) >= 11 is 1.41. The number of nitrogens with zero attached hydrogens (tertiary/aromatic N) is 2. The number of thiophene rings is 1. The number of aromatic nitrogens is 2. The number of carbonyl (C=O) groups excluding carboxylic acids is 1. The number of benzene rings is 1. The van der Waals surface area contributed by atoms with Crippen LogP contribution in [0.1, 0.15) is 24.4 Å². The fourth-order valence-electron chi connectivity index (χ4n) is 2.95. The third-order valence-corrected chi connectivity index (χ3v) is 5.19. The number of rotatable bonds is 4. The van der Waals surface area contributed by atoms with Gasteiger partial charge in [-0.05, 0) is 44.0 Å². The molecule has 6 nitrogen and oxygen atoms in total. The molecule has 0 saturated carbocycles. The van der Waals surface area contributed by atoms with Gasteiger partial charge in [0.15, 0.2) is 0 Å². The van der Waals surface area contributed by atoms with E-state index in [9.17, 15) is 9.59 Å². The van der Waals surface area contributed by atoms with E-state index in [1.54, 1.807) is 21.0 Å². The Labute approximate surface area is 148 Å². The molecule has 1 atom stereocenters. The first-order valence-electron chi connectivity index (χ1n) is 7.79. The minimum atomic E-state index is -0.755. The highest BCUT2D eigenvalue weighted by atomic mass is 32.1. The second kappa shape index (κ2) is 6.33. The van der Waals surface area contributed by atoms with Crippen molar-refractivity contribution >= 4 is 27.5 Å². The van der Waals surface area contributed by atoms with Crippen LogP contribution in [0.15, 0.2) is 28.4 Å². The van der Waals surface area contributed by atoms with E-state index in [0.717, 1.165) is 22.4 Å². The summed E-state index contributed by atoms with van der Waals surface area (Å²) in [5, 5.41) is 2.42. The van der Waals surface area contributed by atoms with Gasteiger partial charge in [-0.1, -0.05) is 6.07 Å². The Morgan fingerprint density at radius 1 is 1.36 bits per heavy atom. The average Bonchev–Trinajstić information content (AvgIpc) is 2.98. The predicted octanol–water partition coefficient (Wildman–Crippen LogP) is 2.80. The van der Waals surface area contributed by atoms with Gasteiger partial charge in [0.25, 0.3) is 5.56 Å². The van der Waals surface area contributed by atoms with E-state index in [1.807, 2.05) is 30.5 Å². The van der Waals surface area contributed by atoms with E-state index in [2.05, 4.69) is 4.98 Å². The standard InChI is InChI=1S/C18H19N3O3S/c1-9-7-12(5-6-14(9)24-4)13-8-25-17-15(13)18(23)21(11(3)20-17)10(2)16(19)22/h5-8,10H,1-4H3,(H2,19,22). The Kier molecular flexibility index (Phi) is 4.34. The van der Waals surface area contributed by atoms with E-state index in [0.29, 0.717) is 16.0 Å². The lowest BCUT2D eigenvalue weighted by molar-refractivity contribution is -0.120. The zero-order chi connectivity index (χ0) is 18.3. The lowest BCUT2D eigenvalue weighted by Gasteiger charge is -2.14. The summed E-state index contributed by atoms with van der Waals surface area (Å²) in [6.45, 7) is 5.26. The van der Waals surface area contributed by atoms with Crippen molar-refractivity contribution in [2.75, 3.05) is 7.11 Å². The van der Waals surface area contributed by atoms with Crippen molar-refractivity contribution in [3.63, 3.8) is 0 Å². The fourth-order valence-corrected chi connectivity index (χ4v) is 3.93. The maximum atomic E-state index is 13.1. The number of ether oxygens (including phenoxy) is 1. The average molecular weight is 357 g/mol. The summed E-state index contributed by atoms with van der Waals surface area (Å²) in [6, 6.07) is 5.01. The number of primary amides is 1. The maximum Gasteiger partial charge on any atom is 0.263 e. The molecule has 2 N–H and O–H groups in total. The van der Waals surface area contributed by atoms with E-state index >= 15 is 0 Å². The second-order valence-corrected chi connectivity index (χ2v) is 6.78. The lowest BCUT2D eigenvalue weighted by atomic mass is 10.0. The highest BCUT2D eigenvalue weighted by molar-refractivity contribution is 7.17. The quantitative estimate of drug-likeness (QED) is 0.778. The molecule has 0 aliphatic rings. The molecule has 0 aliphatic heterocycles. The van der Waals surface area contributed by atoms with Crippen molar-refractivity contribution in [3.8, 4) is 16.9 Å². The van der Waals surface area contributed by atoms with Crippen molar-refractivity contribution in [2.24, 2.45) is 5.73 Å². The Bertz CT molecular complexity index is 1040. The van der Waals surface area contributed by atoms with Crippen LogP contribution in [0.25, 0.3) is 21.3 Å². The molecule has 3 aromatic rings. The monoisotopic (exact) mass is 357 g/mol. The summed E-state index contributed by atoms with van der Waals surface area (Å²) in [5.41, 5.74) is 7.82. The first kappa shape index (κ1) is 17.2. The van der Waals surface area contributed by atoms with Gasteiger partial charge >= 0.3 is 0 Å². The summed E-state index contributed by atoms with van der Waals surface area (Å²) < 4.78 is 6.65. The summed E-state index contributed by atoms with van der Waals surface area (Å²) in [5.74, 6) is 0.698. The minimum absolute atomic E-state index is 0.251. The summed E-state index contributed by atoms with van der Waals surface area (Å²) in [6.07, 6.45) is 0. The van der Waals surface area contributed by atoms with E-state index in [-0.39, 0.29) is 5.56 Å². The van der Waals surface area contributed by atoms with E-state index in [1.165, 1.54) is 15.9 Å². The van der Waals surface area contributed by atoms with Gasteiger partial charge in [0.2, 0.25) is 5.91 Å². The van der Waals surface area contributed by atoms with Crippen molar-refractivity contribution in [2.45, 2.75) is 26.8 Å². The molecule has 3 rings (SSSR count). The van der Waals surface area contributed by atoms with Crippen molar-refractivity contribution in [1.82, 2.24) is 9.55 Å². The largest absolute Gasteiger partial charge is 0.496 e. The molecule has 1 unspecified atom stereocenters. The number of fused-ring (bicyclic) bond motifs is 1. The fraction of sp³-hybridized carbons (Fsp3) is 0.278. The molecule has 130 valence electrons. The number of hydrogen-bond acceptors (Lipinski definition) is 5. The van der Waals surface area contributed by atoms with Crippen LogP contribution >= 0.6 is 11.3 Å². The maximum absolute atomic E-state index is 13.1. The highest BCUT2D eigenvalue weighted by Crippen LogP contribution is 2.33. The molecule has 2 heterocycles. The molecule has 0 bridgehead atoms. The Morgan fingerprint density at radius 2 is 2.08 bits per heavy atom. The number of carbonyl (C=O) groups is 1. The molecule has 7 heteroatoms. The van der Waals surface area contributed by atoms with Crippen molar-refractivity contribution in [1.29, 1.82) is 0 Å². The number of aryl methyl sites for hydroxylation is 2. The number of methoxy groups -OCH3 is 1. The molecule has 0 fully saturated rings. The molecule has 1 amide bonds. The zero-order valence-corrected chi connectivity index (χ0v) is 15.3. The van der Waals surface area contributed by atoms with Crippen LogP contribution in [-0.2, 0) is 4.79 Å². The normalized spacial score (nSPS) is 12.3. The third kappa shape index (κ3) is 2.80. The molecule has 1 aromatic carbocycles. The number of hydrogen-bond donors (Lipinski definition) is 1. The van der Waals surface area contributed by atoms with Gasteiger partial charge in [0.1, 0.15) is 22.4 Å². The Hall–Kier alpha value is -2.67. The summed E-state index contributed by atoms with van der Waals surface area (Å²) in [4.78, 5) is 29.8. The number of nitrogens with two attached hydrogens (primary N) is 1. The van der Waals surface area contributed by atoms with Crippen LogP contribution in [0.3, 0.4) is 0 Å². The van der Waals surface area contributed by atoms with Gasteiger partial charge < -0.3 is 10.5 Å². The molecule has 0 saturated heterocycles. The SMILES string of the molecule is COc1ccc(-c2csc3nc(C)n(C(C)C(N)=O)c(=O)c23)cc1C. The molecule has 0 radical (unpaired) electrons. The van der Waals surface area contributed by atoms with Gasteiger partial charge in [-0.3, -0.25) is 14.2 Å². The minimum Gasteiger partial charge on any atom is -0.496 e. The van der Waals surface area contributed by atoms with Gasteiger partial charge in [0.05, 0.1) is 12.5 Å². The molecule has 2 aromatic heterocycles. The molecule has 0 spiro atoms. The molecule has 25 heavy (non-hydrogen) atoms. The second-order valence-electron chi connectivity index (χ2n) is 5.93. The van der Waals surface area contributed by atoms with Gasteiger partial charge in [-0.25, -0.2) is 4.98 Å². The van der Waals surface area contributed by atoms with Crippen molar-refractivity contribution < 1.29 is 9.53 Å². The van der Waals surface area contributed by atoms with Gasteiger partial charge in [-0.15, -0.1) is 11.3 Å². The topological polar surface area (TPSA) is 87.2 Å². The van der Waals surface area contributed by atoms with Gasteiger partial charge in [0, 0.05) is 10.9 Å². The molecular formula is C18H19N3O3S. The Balaban J connectivity index is 2.28. The first-order valence-corrected chi connectivity index (χ1v) is 8.67. The first-order chi connectivity index (χ1) is 11.8. The van der Waals surface area contributed by atoms with Crippen LogP contribution in [0.4, 0.5) is 0 Å². The van der Waals surface area contributed by atoms with Crippen LogP contribution in [-0.4, -0.2) is 22.6 Å².